The summed E-state index contributed by atoms with van der Waals surface area (Å²) in [6.07, 6.45) is 6.69. The summed E-state index contributed by atoms with van der Waals surface area (Å²) in [7, 11) is 0. The number of hydrogen-bond acceptors (Lipinski definition) is 4. The highest BCUT2D eigenvalue weighted by Gasteiger charge is 2.15. The molecule has 0 unspecified atom stereocenters. The van der Waals surface area contributed by atoms with Crippen LogP contribution in [0.1, 0.15) is 35.1 Å². The third kappa shape index (κ3) is 4.60. The summed E-state index contributed by atoms with van der Waals surface area (Å²) in [4.78, 5) is 0. The molecule has 2 aliphatic heterocycles. The highest BCUT2D eigenvalue weighted by atomic mass is 16.3. The molecule has 1 fully saturated rings. The Hall–Kier alpha value is -2.98. The molecular formula is C26H31N3O. The summed E-state index contributed by atoms with van der Waals surface area (Å²) in [5.41, 5.74) is 8.51. The van der Waals surface area contributed by atoms with Gasteiger partial charge in [-0.05, 0) is 104 Å². The zero-order valence-electron chi connectivity index (χ0n) is 17.9. The van der Waals surface area contributed by atoms with Crippen molar-refractivity contribution in [1.29, 1.82) is 0 Å². The van der Waals surface area contributed by atoms with Gasteiger partial charge in [-0.1, -0.05) is 18.7 Å². The summed E-state index contributed by atoms with van der Waals surface area (Å²) in [6, 6.07) is 12.3. The Labute approximate surface area is 179 Å². The zero-order valence-corrected chi connectivity index (χ0v) is 17.9. The Kier molecular flexibility index (Phi) is 5.96. The largest absolute Gasteiger partial charge is 0.508 e. The molecule has 4 heteroatoms. The number of rotatable bonds is 5. The van der Waals surface area contributed by atoms with Gasteiger partial charge in [-0.15, -0.1) is 0 Å². The summed E-state index contributed by atoms with van der Waals surface area (Å²) in [5, 5.41) is 20.3. The Morgan fingerprint density at radius 3 is 2.57 bits per heavy atom. The van der Waals surface area contributed by atoms with Crippen LogP contribution >= 0.6 is 0 Å². The van der Waals surface area contributed by atoms with Gasteiger partial charge in [-0.25, -0.2) is 0 Å². The molecule has 0 amide bonds. The first-order valence-electron chi connectivity index (χ1n) is 10.7. The molecule has 0 atom stereocenters. The number of phenols is 1. The minimum absolute atomic E-state index is 0.319. The fourth-order valence-corrected chi connectivity index (χ4v) is 4.20. The van der Waals surface area contributed by atoms with E-state index in [1.807, 2.05) is 25.1 Å². The maximum Gasteiger partial charge on any atom is 0.118 e. The number of phenolic OH excluding ortho intramolecular Hbond substituents is 1. The number of anilines is 1. The van der Waals surface area contributed by atoms with E-state index in [4.69, 9.17) is 0 Å². The molecule has 2 aromatic carbocycles. The Bertz CT molecular complexity index is 1010. The van der Waals surface area contributed by atoms with Crippen LogP contribution in [0.5, 0.6) is 5.75 Å². The number of piperidine rings is 1. The first-order chi connectivity index (χ1) is 14.5. The minimum Gasteiger partial charge on any atom is -0.508 e. The number of allylic oxidation sites excluding steroid dienone is 3. The van der Waals surface area contributed by atoms with Crippen LogP contribution in [0, 0.1) is 19.8 Å². The van der Waals surface area contributed by atoms with E-state index in [9.17, 15) is 5.11 Å². The number of dihydropyridines is 1. The highest BCUT2D eigenvalue weighted by Crippen LogP contribution is 2.31. The Morgan fingerprint density at radius 1 is 1.03 bits per heavy atom. The van der Waals surface area contributed by atoms with Gasteiger partial charge in [0.15, 0.2) is 0 Å². The van der Waals surface area contributed by atoms with Crippen molar-refractivity contribution in [2.75, 3.05) is 25.0 Å². The van der Waals surface area contributed by atoms with Crippen molar-refractivity contribution < 1.29 is 5.11 Å². The number of nitrogens with one attached hydrogen (secondary N) is 3. The number of aryl methyl sites for hydroxylation is 2. The second-order valence-corrected chi connectivity index (χ2v) is 8.41. The lowest BCUT2D eigenvalue weighted by atomic mass is 9.95. The molecular weight excluding hydrogens is 370 g/mol. The van der Waals surface area contributed by atoms with Gasteiger partial charge in [-0.3, -0.25) is 0 Å². The molecule has 1 saturated heterocycles. The highest BCUT2D eigenvalue weighted by molar-refractivity contribution is 5.88. The quantitative estimate of drug-likeness (QED) is 0.572. The summed E-state index contributed by atoms with van der Waals surface area (Å²) < 4.78 is 0. The van der Waals surface area contributed by atoms with Gasteiger partial charge in [0.1, 0.15) is 5.75 Å². The van der Waals surface area contributed by atoms with Crippen molar-refractivity contribution in [3.63, 3.8) is 0 Å². The van der Waals surface area contributed by atoms with Crippen LogP contribution < -0.4 is 16.0 Å². The fraction of sp³-hybridized carbons (Fsp3) is 0.308. The average Bonchev–Trinajstić information content (AvgIpc) is 2.74. The molecule has 4 rings (SSSR count). The van der Waals surface area contributed by atoms with Crippen molar-refractivity contribution in [3.8, 4) is 5.75 Å². The van der Waals surface area contributed by atoms with Crippen molar-refractivity contribution in [1.82, 2.24) is 10.6 Å². The molecule has 4 nitrogen and oxygen atoms in total. The zero-order chi connectivity index (χ0) is 21.1. The standard InChI is InChI=1S/C26H31N3O/c1-17-13-23(28-16-20-8-10-27-11-9-20)5-6-24(17)25-15-22(14-19(3)29-25)21-4-7-26(30)18(2)12-21/h4-7,12-15,20,27-30H,3,8-11,16H2,1-2H3. The molecule has 0 radical (unpaired) electrons. The molecule has 2 aromatic rings. The Morgan fingerprint density at radius 2 is 1.83 bits per heavy atom. The van der Waals surface area contributed by atoms with E-state index >= 15 is 0 Å². The van der Waals surface area contributed by atoms with Crippen LogP contribution in [0.15, 0.2) is 60.8 Å². The number of aromatic hydroxyl groups is 1. The number of benzene rings is 2. The third-order valence-electron chi connectivity index (χ3n) is 6.03. The fourth-order valence-electron chi connectivity index (χ4n) is 4.20. The predicted molar refractivity (Wildman–Crippen MR) is 126 cm³/mol. The van der Waals surface area contributed by atoms with Gasteiger partial charge in [-0.2, -0.15) is 0 Å². The Balaban J connectivity index is 1.53. The molecule has 30 heavy (non-hydrogen) atoms. The summed E-state index contributed by atoms with van der Waals surface area (Å²) >= 11 is 0. The molecule has 0 aliphatic carbocycles. The van der Waals surface area contributed by atoms with Crippen molar-refractivity contribution >= 4 is 17.0 Å². The second-order valence-electron chi connectivity index (χ2n) is 8.41. The van der Waals surface area contributed by atoms with E-state index < -0.39 is 0 Å². The lowest BCUT2D eigenvalue weighted by molar-refractivity contribution is 0.390. The SMILES string of the molecule is C=C1C=C(c2ccc(O)c(C)c2)C=C(c2ccc(NCC3CCNCC3)cc2C)N1. The van der Waals surface area contributed by atoms with Gasteiger partial charge in [0.2, 0.25) is 0 Å². The van der Waals surface area contributed by atoms with E-state index in [0.717, 1.165) is 53.6 Å². The van der Waals surface area contributed by atoms with Gasteiger partial charge in [0.25, 0.3) is 0 Å². The maximum absolute atomic E-state index is 9.84. The van der Waals surface area contributed by atoms with Gasteiger partial charge in [0, 0.05) is 29.2 Å². The van der Waals surface area contributed by atoms with Crippen molar-refractivity contribution in [2.45, 2.75) is 26.7 Å². The molecule has 2 heterocycles. The van der Waals surface area contributed by atoms with Gasteiger partial charge >= 0.3 is 0 Å². The molecule has 0 bridgehead atoms. The van der Waals surface area contributed by atoms with E-state index in [0.29, 0.717) is 5.75 Å². The second kappa shape index (κ2) is 8.80. The molecule has 156 valence electrons. The van der Waals surface area contributed by atoms with Gasteiger partial charge < -0.3 is 21.1 Å². The topological polar surface area (TPSA) is 56.3 Å². The third-order valence-corrected chi connectivity index (χ3v) is 6.03. The van der Waals surface area contributed by atoms with Crippen LogP contribution in [0.25, 0.3) is 11.3 Å². The van der Waals surface area contributed by atoms with E-state index in [1.165, 1.54) is 29.7 Å². The first kappa shape index (κ1) is 20.3. The molecule has 0 aromatic heterocycles. The van der Waals surface area contributed by atoms with E-state index in [1.54, 1.807) is 6.07 Å². The molecule has 4 N–H and O–H groups in total. The monoisotopic (exact) mass is 401 g/mol. The molecule has 0 spiro atoms. The van der Waals surface area contributed by atoms with Crippen molar-refractivity contribution in [3.05, 3.63) is 83.1 Å². The summed E-state index contributed by atoms with van der Waals surface area (Å²) in [5.74, 6) is 1.07. The van der Waals surface area contributed by atoms with Crippen LogP contribution in [0.4, 0.5) is 5.69 Å². The van der Waals surface area contributed by atoms with Crippen LogP contribution in [0.2, 0.25) is 0 Å². The average molecular weight is 402 g/mol. The minimum atomic E-state index is 0.319. The maximum atomic E-state index is 9.84. The van der Waals surface area contributed by atoms with Crippen LogP contribution in [-0.4, -0.2) is 24.7 Å². The number of hydrogen-bond donors (Lipinski definition) is 4. The lowest BCUT2D eigenvalue weighted by Crippen LogP contribution is -2.31. The molecule has 0 saturated carbocycles. The smallest absolute Gasteiger partial charge is 0.118 e. The normalized spacial score (nSPS) is 17.2. The van der Waals surface area contributed by atoms with Crippen molar-refractivity contribution in [2.24, 2.45) is 5.92 Å². The van der Waals surface area contributed by atoms with Crippen LogP contribution in [-0.2, 0) is 0 Å². The lowest BCUT2D eigenvalue weighted by Gasteiger charge is -2.24. The van der Waals surface area contributed by atoms with E-state index in [-0.39, 0.29) is 0 Å². The van der Waals surface area contributed by atoms with E-state index in [2.05, 4.69) is 53.7 Å². The summed E-state index contributed by atoms with van der Waals surface area (Å²) in [6.45, 7) is 11.5. The van der Waals surface area contributed by atoms with Crippen LogP contribution in [0.3, 0.4) is 0 Å². The first-order valence-corrected chi connectivity index (χ1v) is 10.7. The van der Waals surface area contributed by atoms with Gasteiger partial charge in [0.05, 0.1) is 0 Å². The predicted octanol–water partition coefficient (Wildman–Crippen LogP) is 4.96. The molecule has 2 aliphatic rings.